The maximum Gasteiger partial charge on any atom is 0.165 e. The van der Waals surface area contributed by atoms with E-state index in [0.717, 1.165) is 28.0 Å². The van der Waals surface area contributed by atoms with Crippen LogP contribution in [0.4, 0.5) is 5.82 Å². The molecule has 6 aromatic rings. The van der Waals surface area contributed by atoms with Crippen molar-refractivity contribution in [3.8, 4) is 39.8 Å². The summed E-state index contributed by atoms with van der Waals surface area (Å²) >= 11 is 0. The predicted molar refractivity (Wildman–Crippen MR) is 150 cm³/mol. The van der Waals surface area contributed by atoms with Crippen LogP contribution in [0.25, 0.3) is 39.5 Å². The normalized spacial score (nSPS) is 11.0. The Labute approximate surface area is 224 Å². The van der Waals surface area contributed by atoms with Crippen LogP contribution in [-0.4, -0.2) is 30.9 Å². The molecule has 8 heteroatoms. The van der Waals surface area contributed by atoms with Gasteiger partial charge >= 0.3 is 0 Å². The van der Waals surface area contributed by atoms with Crippen molar-refractivity contribution in [2.24, 2.45) is 0 Å². The highest BCUT2D eigenvalue weighted by molar-refractivity contribution is 5.85. The number of imidazole rings is 1. The third-order valence-corrected chi connectivity index (χ3v) is 6.40. The van der Waals surface area contributed by atoms with Crippen LogP contribution < -0.4 is 10.5 Å². The summed E-state index contributed by atoms with van der Waals surface area (Å²) in [5, 5.41) is 9.91. The number of nitrogen functional groups attached to an aromatic ring is 1. The van der Waals surface area contributed by atoms with Gasteiger partial charge in [0.15, 0.2) is 17.8 Å². The molecule has 0 amide bonds. The van der Waals surface area contributed by atoms with Gasteiger partial charge in [0.25, 0.3) is 0 Å². The maximum atomic E-state index is 11.4. The van der Waals surface area contributed by atoms with Crippen molar-refractivity contribution < 1.29 is 14.6 Å². The molecule has 3 N–H and O–H groups in total. The number of hydrogen-bond acceptors (Lipinski definition) is 7. The molecule has 3 aromatic heterocycles. The van der Waals surface area contributed by atoms with Crippen LogP contribution in [0.2, 0.25) is 0 Å². The summed E-state index contributed by atoms with van der Waals surface area (Å²) in [6.45, 7) is 0.216. The molecule has 0 saturated carbocycles. The van der Waals surface area contributed by atoms with Gasteiger partial charge in [0.05, 0.1) is 16.8 Å². The average Bonchev–Trinajstić information content (AvgIpc) is 3.35. The molecule has 0 saturated heterocycles. The summed E-state index contributed by atoms with van der Waals surface area (Å²) in [5.41, 5.74) is 12.0. The molecule has 8 nitrogen and oxygen atoms in total. The van der Waals surface area contributed by atoms with Gasteiger partial charge in [0.2, 0.25) is 0 Å². The van der Waals surface area contributed by atoms with Crippen LogP contribution in [-0.2, 0) is 6.61 Å². The molecule has 39 heavy (non-hydrogen) atoms. The zero-order valence-corrected chi connectivity index (χ0v) is 20.7. The van der Waals surface area contributed by atoms with E-state index in [4.69, 9.17) is 20.4 Å². The van der Waals surface area contributed by atoms with Gasteiger partial charge in [-0.15, -0.1) is 0 Å². The number of fused-ring (bicyclic) bond motifs is 1. The number of aromatic hydroxyl groups is 1. The van der Waals surface area contributed by atoms with E-state index in [2.05, 4.69) is 4.98 Å². The van der Waals surface area contributed by atoms with Gasteiger partial charge in [-0.2, -0.15) is 0 Å². The van der Waals surface area contributed by atoms with Gasteiger partial charge in [-0.05, 0) is 54.1 Å². The summed E-state index contributed by atoms with van der Waals surface area (Å²) in [7, 11) is 0. The molecule has 3 heterocycles. The number of pyridine rings is 2. The van der Waals surface area contributed by atoms with E-state index in [9.17, 15) is 9.90 Å². The van der Waals surface area contributed by atoms with Gasteiger partial charge in [-0.1, -0.05) is 48.5 Å². The highest BCUT2D eigenvalue weighted by Gasteiger charge is 2.19. The summed E-state index contributed by atoms with van der Waals surface area (Å²) < 4.78 is 7.79. The molecule has 0 fully saturated rings. The first kappa shape index (κ1) is 23.9. The van der Waals surface area contributed by atoms with Crippen molar-refractivity contribution in [3.63, 3.8) is 0 Å². The number of benzene rings is 3. The smallest absolute Gasteiger partial charge is 0.165 e. The number of nitrogens with zero attached hydrogens (tertiary/aromatic N) is 4. The van der Waals surface area contributed by atoms with Crippen molar-refractivity contribution in [3.05, 3.63) is 114 Å². The molecule has 0 radical (unpaired) electrons. The van der Waals surface area contributed by atoms with Gasteiger partial charge in [0.1, 0.15) is 29.4 Å². The topological polar surface area (TPSA) is 116 Å². The fourth-order valence-electron chi connectivity index (χ4n) is 4.44. The molecule has 6 rings (SSSR count). The lowest BCUT2D eigenvalue weighted by molar-refractivity contribution is 0.111. The Hall–Kier alpha value is -5.50. The number of anilines is 1. The largest absolute Gasteiger partial charge is 0.507 e. The first-order valence-corrected chi connectivity index (χ1v) is 12.3. The molecule has 0 aliphatic carbocycles. The van der Waals surface area contributed by atoms with Crippen LogP contribution in [0.15, 0.2) is 103 Å². The lowest BCUT2D eigenvalue weighted by atomic mass is 10.1. The van der Waals surface area contributed by atoms with E-state index >= 15 is 0 Å². The van der Waals surface area contributed by atoms with Gasteiger partial charge < -0.3 is 15.6 Å². The summed E-state index contributed by atoms with van der Waals surface area (Å²) in [5.74, 6) is 1.21. The van der Waals surface area contributed by atoms with Crippen molar-refractivity contribution in [1.29, 1.82) is 0 Å². The Balaban J connectivity index is 1.41. The van der Waals surface area contributed by atoms with Crippen LogP contribution in [0.1, 0.15) is 15.9 Å². The number of phenols is 1. The molecule has 0 unspecified atom stereocenters. The average molecular weight is 514 g/mol. The third kappa shape index (κ3) is 4.55. The van der Waals surface area contributed by atoms with E-state index in [0.29, 0.717) is 34.9 Å². The fourth-order valence-corrected chi connectivity index (χ4v) is 4.44. The molecule has 0 aliphatic rings. The highest BCUT2D eigenvalue weighted by atomic mass is 16.5. The second-order valence-electron chi connectivity index (χ2n) is 8.87. The van der Waals surface area contributed by atoms with Crippen molar-refractivity contribution >= 4 is 23.3 Å². The Morgan fingerprint density at radius 1 is 0.872 bits per heavy atom. The zero-order valence-electron chi connectivity index (χ0n) is 20.7. The molecule has 0 aliphatic heterocycles. The number of ether oxygens (including phenoxy) is 1. The Bertz CT molecular complexity index is 1800. The van der Waals surface area contributed by atoms with E-state index in [1.165, 1.54) is 6.07 Å². The van der Waals surface area contributed by atoms with E-state index in [1.807, 2.05) is 83.4 Å². The van der Waals surface area contributed by atoms with Crippen LogP contribution in [0.3, 0.4) is 0 Å². The number of carbonyl (C=O) groups is 1. The standard InChI is InChI=1S/C31H23N5O3/c32-29-23(8-5-17-33-29)30-35-26-16-15-25(21-6-2-1-3-7-21)34-31(26)36(30)22-13-11-20(12-14-22)19-39-28-10-4-9-27(38)24(28)18-37/h1-18,38H,19H2,(H2,32,33). The van der Waals surface area contributed by atoms with E-state index < -0.39 is 0 Å². The number of hydrogen-bond donors (Lipinski definition) is 2. The fraction of sp³-hybridized carbons (Fsp3) is 0.0323. The minimum absolute atomic E-state index is 0.116. The molecular weight excluding hydrogens is 490 g/mol. The second-order valence-corrected chi connectivity index (χ2v) is 8.87. The van der Waals surface area contributed by atoms with Crippen LogP contribution in [0, 0.1) is 0 Å². The van der Waals surface area contributed by atoms with E-state index in [1.54, 1.807) is 18.3 Å². The Kier molecular flexibility index (Phi) is 6.18. The quantitative estimate of drug-likeness (QED) is 0.258. The lowest BCUT2D eigenvalue weighted by Gasteiger charge is -2.12. The molecule has 0 spiro atoms. The second kappa shape index (κ2) is 10.1. The minimum Gasteiger partial charge on any atom is -0.507 e. The van der Waals surface area contributed by atoms with Crippen LogP contribution in [0.5, 0.6) is 11.5 Å². The third-order valence-electron chi connectivity index (χ3n) is 6.40. The number of nitrogens with two attached hydrogens (primary N) is 1. The highest BCUT2D eigenvalue weighted by Crippen LogP contribution is 2.32. The number of phenolic OH excluding ortho intramolecular Hbond substituents is 1. The predicted octanol–water partition coefficient (Wildman–Crippen LogP) is 5.83. The SMILES string of the molecule is Nc1ncccc1-c1nc2ccc(-c3ccccc3)nc2n1-c1ccc(COc2cccc(O)c2C=O)cc1. The minimum atomic E-state index is -0.116. The van der Waals surface area contributed by atoms with Gasteiger partial charge in [0, 0.05) is 17.4 Å². The van der Waals surface area contributed by atoms with Crippen molar-refractivity contribution in [1.82, 2.24) is 19.5 Å². The molecular formula is C31H23N5O3. The van der Waals surface area contributed by atoms with Crippen molar-refractivity contribution in [2.75, 3.05) is 5.73 Å². The number of aromatic nitrogens is 4. The zero-order chi connectivity index (χ0) is 26.8. The summed E-state index contributed by atoms with van der Waals surface area (Å²) in [4.78, 5) is 25.5. The first-order chi connectivity index (χ1) is 19.1. The summed E-state index contributed by atoms with van der Waals surface area (Å²) in [6.07, 6.45) is 2.23. The Morgan fingerprint density at radius 2 is 1.69 bits per heavy atom. The molecule has 0 atom stereocenters. The van der Waals surface area contributed by atoms with Crippen LogP contribution >= 0.6 is 0 Å². The monoisotopic (exact) mass is 513 g/mol. The van der Waals surface area contributed by atoms with Crippen molar-refractivity contribution in [2.45, 2.75) is 6.61 Å². The maximum absolute atomic E-state index is 11.4. The van der Waals surface area contributed by atoms with E-state index in [-0.39, 0.29) is 17.9 Å². The number of rotatable bonds is 7. The first-order valence-electron chi connectivity index (χ1n) is 12.3. The van der Waals surface area contributed by atoms with Gasteiger partial charge in [-0.25, -0.2) is 15.0 Å². The molecule has 190 valence electrons. The van der Waals surface area contributed by atoms with Gasteiger partial charge in [-0.3, -0.25) is 9.36 Å². The summed E-state index contributed by atoms with van der Waals surface area (Å²) in [6, 6.07) is 30.1. The molecule has 3 aromatic carbocycles. The number of carbonyl (C=O) groups excluding carboxylic acids is 1. The number of aldehydes is 1. The molecule has 0 bridgehead atoms. The Morgan fingerprint density at radius 3 is 2.46 bits per heavy atom. The lowest BCUT2D eigenvalue weighted by Crippen LogP contribution is -2.03.